The third kappa shape index (κ3) is 3.91. The van der Waals surface area contributed by atoms with Crippen LogP contribution in [0.2, 0.25) is 0 Å². The molecule has 0 saturated carbocycles. The number of nitrogens with zero attached hydrogens (tertiary/aromatic N) is 2. The van der Waals surface area contributed by atoms with Crippen LogP contribution in [0, 0.1) is 11.3 Å². The highest BCUT2D eigenvalue weighted by molar-refractivity contribution is 7.99. The molecule has 8 nitrogen and oxygen atoms in total. The van der Waals surface area contributed by atoms with Crippen molar-refractivity contribution in [1.29, 1.82) is 5.26 Å². The summed E-state index contributed by atoms with van der Waals surface area (Å²) >= 11 is 1.20. The van der Waals surface area contributed by atoms with Crippen LogP contribution < -0.4 is 10.3 Å². The van der Waals surface area contributed by atoms with E-state index in [0.29, 0.717) is 32.9 Å². The summed E-state index contributed by atoms with van der Waals surface area (Å²) in [7, 11) is 3.04. The number of aromatic amines is 1. The van der Waals surface area contributed by atoms with E-state index in [0.717, 1.165) is 0 Å². The van der Waals surface area contributed by atoms with Gasteiger partial charge in [-0.2, -0.15) is 5.26 Å². The van der Waals surface area contributed by atoms with Gasteiger partial charge in [0.2, 0.25) is 0 Å². The van der Waals surface area contributed by atoms with E-state index in [9.17, 15) is 15.2 Å². The lowest BCUT2D eigenvalue weighted by Crippen LogP contribution is -2.58. The number of fused-ring (bicyclic) bond motifs is 2. The smallest absolute Gasteiger partial charge is 0.259 e. The molecular weight excluding hydrogens is 418 g/mol. The molecular formula is C22H21N3O5S. The summed E-state index contributed by atoms with van der Waals surface area (Å²) in [6.07, 6.45) is -1.07. The number of nitrogens with one attached hydrogen (secondary N) is 1. The van der Waals surface area contributed by atoms with Crippen molar-refractivity contribution in [2.45, 2.75) is 22.1 Å². The molecule has 0 unspecified atom stereocenters. The van der Waals surface area contributed by atoms with Crippen molar-refractivity contribution in [3.05, 3.63) is 63.9 Å². The first-order valence-electron chi connectivity index (χ1n) is 9.56. The average molecular weight is 439 g/mol. The lowest BCUT2D eigenvalue weighted by molar-refractivity contribution is -0.136. The van der Waals surface area contributed by atoms with Gasteiger partial charge in [0.25, 0.3) is 5.56 Å². The summed E-state index contributed by atoms with van der Waals surface area (Å²) in [5, 5.41) is 21.0. The Kier molecular flexibility index (Phi) is 5.98. The Labute approximate surface area is 182 Å². The molecule has 0 bridgehead atoms. The van der Waals surface area contributed by atoms with Crippen molar-refractivity contribution >= 4 is 22.7 Å². The number of H-pyrrole nitrogens is 1. The van der Waals surface area contributed by atoms with Crippen LogP contribution >= 0.6 is 11.8 Å². The van der Waals surface area contributed by atoms with Crippen LogP contribution in [0.5, 0.6) is 5.75 Å². The van der Waals surface area contributed by atoms with Crippen LogP contribution in [0.25, 0.3) is 10.9 Å². The van der Waals surface area contributed by atoms with Crippen molar-refractivity contribution in [2.24, 2.45) is 0 Å². The number of hydrogen-bond donors (Lipinski definition) is 2. The second-order valence-electron chi connectivity index (χ2n) is 7.27. The van der Waals surface area contributed by atoms with Gasteiger partial charge in [0.15, 0.2) is 10.8 Å². The van der Waals surface area contributed by atoms with Gasteiger partial charge >= 0.3 is 0 Å². The molecule has 2 N–H and O–H groups in total. The third-order valence-electron chi connectivity index (χ3n) is 5.19. The SMILES string of the molecule is COCC1(COC)Oc2ccc(C#N)cc2[C@@H](Sc2nc3ccccc3c(=O)[nH]2)[C@@H]1O. The number of benzene rings is 2. The second-order valence-corrected chi connectivity index (χ2v) is 8.40. The highest BCUT2D eigenvalue weighted by Crippen LogP contribution is 2.49. The monoisotopic (exact) mass is 439 g/mol. The summed E-state index contributed by atoms with van der Waals surface area (Å²) in [6.45, 7) is 0.167. The molecule has 9 heteroatoms. The molecule has 0 spiro atoms. The van der Waals surface area contributed by atoms with Gasteiger partial charge in [0.05, 0.1) is 41.0 Å². The normalized spacial score (nSPS) is 19.4. The Morgan fingerprint density at radius 1 is 1.26 bits per heavy atom. The largest absolute Gasteiger partial charge is 0.479 e. The van der Waals surface area contributed by atoms with Gasteiger partial charge in [-0.25, -0.2) is 4.98 Å². The third-order valence-corrected chi connectivity index (χ3v) is 6.37. The first kappa shape index (κ1) is 21.3. The Hall–Kier alpha value is -2.90. The summed E-state index contributed by atoms with van der Waals surface area (Å²) in [6, 6.07) is 14.2. The van der Waals surface area contributed by atoms with Crippen molar-refractivity contribution in [3.63, 3.8) is 0 Å². The van der Waals surface area contributed by atoms with Crippen LogP contribution in [-0.2, 0) is 9.47 Å². The number of ether oxygens (including phenoxy) is 3. The number of rotatable bonds is 6. The molecule has 2 atom stereocenters. The molecule has 1 aromatic heterocycles. The van der Waals surface area contributed by atoms with E-state index in [1.54, 1.807) is 36.4 Å². The highest BCUT2D eigenvalue weighted by atomic mass is 32.2. The van der Waals surface area contributed by atoms with Gasteiger partial charge in [0.1, 0.15) is 11.9 Å². The molecule has 0 radical (unpaired) electrons. The molecule has 0 amide bonds. The van der Waals surface area contributed by atoms with Gasteiger partial charge in [-0.1, -0.05) is 23.9 Å². The molecule has 1 aliphatic rings. The molecule has 0 saturated heterocycles. The van der Waals surface area contributed by atoms with E-state index in [1.807, 2.05) is 6.07 Å². The number of thioether (sulfide) groups is 1. The van der Waals surface area contributed by atoms with Gasteiger partial charge < -0.3 is 24.3 Å². The van der Waals surface area contributed by atoms with Crippen LogP contribution in [0.4, 0.5) is 0 Å². The first-order chi connectivity index (χ1) is 15.0. The van der Waals surface area contributed by atoms with Gasteiger partial charge in [0, 0.05) is 19.8 Å². The summed E-state index contributed by atoms with van der Waals surface area (Å²) in [5.74, 6) is 0.513. The van der Waals surface area contributed by atoms with Gasteiger partial charge in [-0.05, 0) is 30.3 Å². The number of aliphatic hydroxyl groups excluding tert-OH is 1. The molecule has 0 fully saturated rings. The Bertz CT molecular complexity index is 1200. The van der Waals surface area contributed by atoms with Crippen molar-refractivity contribution in [1.82, 2.24) is 9.97 Å². The fraction of sp³-hybridized carbons (Fsp3) is 0.318. The van der Waals surface area contributed by atoms with Crippen LogP contribution in [-0.4, -0.2) is 54.2 Å². The molecule has 3 aromatic rings. The maximum absolute atomic E-state index is 12.5. The predicted molar refractivity (Wildman–Crippen MR) is 115 cm³/mol. The Morgan fingerprint density at radius 2 is 2.00 bits per heavy atom. The second kappa shape index (κ2) is 8.69. The van der Waals surface area contributed by atoms with E-state index in [1.165, 1.54) is 26.0 Å². The first-order valence-corrected chi connectivity index (χ1v) is 10.4. The lowest BCUT2D eigenvalue weighted by atomic mass is 9.88. The van der Waals surface area contributed by atoms with E-state index in [4.69, 9.17) is 14.2 Å². The molecule has 0 aliphatic carbocycles. The van der Waals surface area contributed by atoms with Crippen LogP contribution in [0.1, 0.15) is 16.4 Å². The van der Waals surface area contributed by atoms with Gasteiger partial charge in [-0.15, -0.1) is 0 Å². The standard InChI is InChI=1S/C22H21N3O5S/c1-28-11-22(12-29-2)19(26)18(15-9-13(10-23)7-8-17(15)30-22)31-21-24-16-6-4-3-5-14(16)20(27)25-21/h3-9,18-19,26H,11-12H2,1-2H3,(H,24,25,27)/t18-,19+/m1/s1. The molecule has 1 aliphatic heterocycles. The van der Waals surface area contributed by atoms with Crippen molar-refractivity contribution in [3.8, 4) is 11.8 Å². The number of para-hydroxylation sites is 1. The zero-order valence-electron chi connectivity index (χ0n) is 17.0. The maximum atomic E-state index is 12.5. The topological polar surface area (TPSA) is 117 Å². The van der Waals surface area contributed by atoms with E-state index in [-0.39, 0.29) is 18.8 Å². The van der Waals surface area contributed by atoms with Crippen LogP contribution in [0.15, 0.2) is 52.4 Å². The minimum Gasteiger partial charge on any atom is -0.479 e. The number of aliphatic hydroxyl groups is 1. The van der Waals surface area contributed by atoms with E-state index >= 15 is 0 Å². The number of nitriles is 1. The Morgan fingerprint density at radius 3 is 2.71 bits per heavy atom. The number of hydrogen-bond acceptors (Lipinski definition) is 8. The lowest BCUT2D eigenvalue weighted by Gasteiger charge is -2.45. The molecule has 2 aromatic carbocycles. The fourth-order valence-corrected chi connectivity index (χ4v) is 5.02. The van der Waals surface area contributed by atoms with Gasteiger partial charge in [-0.3, -0.25) is 4.79 Å². The summed E-state index contributed by atoms with van der Waals surface area (Å²) in [5.41, 5.74) is 0.197. The van der Waals surface area contributed by atoms with Crippen molar-refractivity contribution in [2.75, 3.05) is 27.4 Å². The highest BCUT2D eigenvalue weighted by Gasteiger charge is 2.50. The van der Waals surface area contributed by atoms with E-state index < -0.39 is 17.0 Å². The fourth-order valence-electron chi connectivity index (χ4n) is 3.79. The zero-order chi connectivity index (χ0) is 22.0. The molecule has 2 heterocycles. The number of aromatic nitrogens is 2. The molecule has 4 rings (SSSR count). The summed E-state index contributed by atoms with van der Waals surface area (Å²) < 4.78 is 16.8. The minimum absolute atomic E-state index is 0.0835. The summed E-state index contributed by atoms with van der Waals surface area (Å²) in [4.78, 5) is 19.9. The minimum atomic E-state index is -1.17. The van der Waals surface area contributed by atoms with Crippen LogP contribution in [0.3, 0.4) is 0 Å². The molecule has 160 valence electrons. The Balaban J connectivity index is 1.82. The average Bonchev–Trinajstić information content (AvgIpc) is 2.77. The van der Waals surface area contributed by atoms with E-state index in [2.05, 4.69) is 16.0 Å². The predicted octanol–water partition coefficient (Wildman–Crippen LogP) is 2.41. The number of methoxy groups -OCH3 is 2. The maximum Gasteiger partial charge on any atom is 0.259 e. The zero-order valence-corrected chi connectivity index (χ0v) is 17.8. The quantitative estimate of drug-likeness (QED) is 0.563. The molecule has 31 heavy (non-hydrogen) atoms. The van der Waals surface area contributed by atoms with Crippen molar-refractivity contribution < 1.29 is 19.3 Å².